The minimum Gasteiger partial charge on any atom is -0.450 e. The van der Waals surface area contributed by atoms with E-state index in [1.807, 2.05) is 30.3 Å². The maximum Gasteiger partial charge on any atom is 0.409 e. The number of carbonyl (C=O) groups is 1. The van der Waals surface area contributed by atoms with E-state index >= 15 is 0 Å². The molecule has 24 heavy (non-hydrogen) atoms. The molecule has 1 saturated heterocycles. The molecule has 2 aromatic carbocycles. The Balaban J connectivity index is 1.67. The lowest BCUT2D eigenvalue weighted by Gasteiger charge is -2.32. The zero-order valence-electron chi connectivity index (χ0n) is 13.6. The van der Waals surface area contributed by atoms with Crippen LogP contribution < -0.4 is 16.2 Å². The first-order chi connectivity index (χ1) is 11.6. The number of anilines is 1. The topological polar surface area (TPSA) is 75.7 Å². The number of rotatable bonds is 4. The normalized spacial score (nSPS) is 15.5. The van der Waals surface area contributed by atoms with Crippen LogP contribution in [-0.2, 0) is 4.74 Å². The van der Waals surface area contributed by atoms with Crippen LogP contribution in [0.15, 0.2) is 39.9 Å². The predicted molar refractivity (Wildman–Crippen MR) is 92.0 cm³/mol. The molecule has 1 N–H and O–H groups in total. The van der Waals surface area contributed by atoms with Gasteiger partial charge in [-0.2, -0.15) is 0 Å². The van der Waals surface area contributed by atoms with E-state index in [2.05, 4.69) is 5.32 Å². The van der Waals surface area contributed by atoms with Crippen LogP contribution in [0.1, 0.15) is 19.8 Å². The molecule has 1 amide bonds. The second kappa shape index (κ2) is 6.86. The molecule has 0 unspecified atom stereocenters. The standard InChI is InChI=1S/C18H20N2O4/c1-2-24-18(23)20-10-8-13(9-11-20)19-15-14(16(21)17(15)22)12-6-4-3-5-7-12/h3-7,13,19H,2,8-11H2,1H3. The molecular weight excluding hydrogens is 308 g/mol. The Morgan fingerprint density at radius 2 is 1.83 bits per heavy atom. The van der Waals surface area contributed by atoms with Crippen LogP contribution in [0.25, 0.3) is 11.1 Å². The Hall–Kier alpha value is -2.63. The van der Waals surface area contributed by atoms with Crippen molar-refractivity contribution in [3.8, 4) is 11.1 Å². The van der Waals surface area contributed by atoms with E-state index in [4.69, 9.17) is 4.74 Å². The number of nitrogens with one attached hydrogen (secondary N) is 1. The molecule has 6 nitrogen and oxygen atoms in total. The van der Waals surface area contributed by atoms with Crippen molar-refractivity contribution >= 4 is 11.8 Å². The van der Waals surface area contributed by atoms with Crippen molar-refractivity contribution in [2.45, 2.75) is 25.8 Å². The largest absolute Gasteiger partial charge is 0.450 e. The lowest BCUT2D eigenvalue weighted by Crippen LogP contribution is -2.45. The van der Waals surface area contributed by atoms with Crippen LogP contribution in [-0.4, -0.2) is 36.7 Å². The number of carbonyl (C=O) groups excluding carboxylic acids is 1. The van der Waals surface area contributed by atoms with Crippen molar-refractivity contribution in [3.63, 3.8) is 0 Å². The molecule has 0 bridgehead atoms. The summed E-state index contributed by atoms with van der Waals surface area (Å²) in [6.07, 6.45) is 1.13. The van der Waals surface area contributed by atoms with E-state index in [9.17, 15) is 14.4 Å². The highest BCUT2D eigenvalue weighted by Gasteiger charge is 2.28. The van der Waals surface area contributed by atoms with E-state index in [0.29, 0.717) is 43.8 Å². The van der Waals surface area contributed by atoms with Gasteiger partial charge in [0.05, 0.1) is 17.9 Å². The molecule has 1 heterocycles. The van der Waals surface area contributed by atoms with Gasteiger partial charge in [-0.25, -0.2) is 4.79 Å². The fourth-order valence-electron chi connectivity index (χ4n) is 3.03. The molecule has 1 aliphatic heterocycles. The first-order valence-electron chi connectivity index (χ1n) is 8.18. The van der Waals surface area contributed by atoms with Crippen LogP contribution in [0.2, 0.25) is 0 Å². The van der Waals surface area contributed by atoms with Gasteiger partial charge < -0.3 is 15.0 Å². The summed E-state index contributed by atoms with van der Waals surface area (Å²) in [4.78, 5) is 37.2. The maximum atomic E-state index is 11.9. The summed E-state index contributed by atoms with van der Waals surface area (Å²) < 4.78 is 4.99. The molecular formula is C18H20N2O4. The third-order valence-corrected chi connectivity index (χ3v) is 4.34. The highest BCUT2D eigenvalue weighted by Crippen LogP contribution is 2.25. The number of hydrogen-bond donors (Lipinski definition) is 1. The molecule has 2 aromatic rings. The number of likely N-dealkylation sites (tertiary alicyclic amines) is 1. The molecule has 0 atom stereocenters. The molecule has 0 aliphatic carbocycles. The van der Waals surface area contributed by atoms with Gasteiger partial charge in [0.25, 0.3) is 0 Å². The molecule has 126 valence electrons. The van der Waals surface area contributed by atoms with Crippen LogP contribution >= 0.6 is 0 Å². The highest BCUT2D eigenvalue weighted by atomic mass is 16.6. The van der Waals surface area contributed by atoms with Gasteiger partial charge in [0, 0.05) is 19.1 Å². The van der Waals surface area contributed by atoms with Crippen LogP contribution in [0.5, 0.6) is 0 Å². The van der Waals surface area contributed by atoms with E-state index in [1.165, 1.54) is 0 Å². The third kappa shape index (κ3) is 3.04. The summed E-state index contributed by atoms with van der Waals surface area (Å²) in [5.74, 6) is 0. The third-order valence-electron chi connectivity index (χ3n) is 4.34. The highest BCUT2D eigenvalue weighted by molar-refractivity contribution is 5.82. The Labute approximate surface area is 139 Å². The summed E-state index contributed by atoms with van der Waals surface area (Å²) in [6, 6.07) is 9.27. The minimum atomic E-state index is -0.457. The van der Waals surface area contributed by atoms with E-state index in [-0.39, 0.29) is 12.1 Å². The van der Waals surface area contributed by atoms with E-state index < -0.39 is 10.9 Å². The number of amides is 1. The quantitative estimate of drug-likeness (QED) is 0.869. The van der Waals surface area contributed by atoms with Crippen molar-refractivity contribution in [2.24, 2.45) is 0 Å². The number of piperidine rings is 1. The van der Waals surface area contributed by atoms with Crippen molar-refractivity contribution in [2.75, 3.05) is 25.0 Å². The van der Waals surface area contributed by atoms with Crippen molar-refractivity contribution in [1.82, 2.24) is 4.90 Å². The fraction of sp³-hybridized carbons (Fsp3) is 0.389. The second-order valence-corrected chi connectivity index (χ2v) is 5.88. The SMILES string of the molecule is CCOC(=O)N1CCC(Nc2c(-c3ccccc3)c(=O)c2=O)CC1. The molecule has 0 aromatic heterocycles. The average molecular weight is 328 g/mol. The summed E-state index contributed by atoms with van der Waals surface area (Å²) in [5.41, 5.74) is 0.733. The predicted octanol–water partition coefficient (Wildman–Crippen LogP) is 1.98. The average Bonchev–Trinajstić information content (AvgIpc) is 2.62. The Kier molecular flexibility index (Phi) is 4.64. The fourth-order valence-corrected chi connectivity index (χ4v) is 3.03. The van der Waals surface area contributed by atoms with Gasteiger partial charge in [-0.1, -0.05) is 30.3 Å². The first-order valence-corrected chi connectivity index (χ1v) is 8.18. The monoisotopic (exact) mass is 328 g/mol. The van der Waals surface area contributed by atoms with Crippen LogP contribution in [0.4, 0.5) is 10.5 Å². The Bertz CT molecular complexity index is 785. The van der Waals surface area contributed by atoms with Crippen molar-refractivity contribution in [1.29, 1.82) is 0 Å². The molecule has 3 rings (SSSR count). The maximum absolute atomic E-state index is 11.9. The summed E-state index contributed by atoms with van der Waals surface area (Å²) in [6.45, 7) is 3.29. The number of ether oxygens (including phenoxy) is 1. The number of nitrogens with zero attached hydrogens (tertiary/aromatic N) is 1. The van der Waals surface area contributed by atoms with Gasteiger partial charge in [0.15, 0.2) is 0 Å². The lowest BCUT2D eigenvalue weighted by atomic mass is 9.96. The Morgan fingerprint density at radius 3 is 2.46 bits per heavy atom. The Morgan fingerprint density at radius 1 is 1.17 bits per heavy atom. The van der Waals surface area contributed by atoms with Gasteiger partial charge in [-0.15, -0.1) is 0 Å². The minimum absolute atomic E-state index is 0.0708. The van der Waals surface area contributed by atoms with Gasteiger partial charge in [-0.3, -0.25) is 9.59 Å². The van der Waals surface area contributed by atoms with Crippen molar-refractivity contribution < 1.29 is 9.53 Å². The second-order valence-electron chi connectivity index (χ2n) is 5.88. The number of benzene rings is 1. The summed E-state index contributed by atoms with van der Waals surface area (Å²) >= 11 is 0. The molecule has 0 spiro atoms. The smallest absolute Gasteiger partial charge is 0.409 e. The van der Waals surface area contributed by atoms with Crippen molar-refractivity contribution in [3.05, 3.63) is 50.8 Å². The summed E-state index contributed by atoms with van der Waals surface area (Å²) in [7, 11) is 0. The van der Waals surface area contributed by atoms with Gasteiger partial charge >= 0.3 is 6.09 Å². The molecule has 6 heteroatoms. The molecule has 1 fully saturated rings. The zero-order chi connectivity index (χ0) is 17.1. The lowest BCUT2D eigenvalue weighted by molar-refractivity contribution is 0.0983. The molecule has 0 radical (unpaired) electrons. The first kappa shape index (κ1) is 16.2. The number of hydrogen-bond acceptors (Lipinski definition) is 5. The molecule has 1 aliphatic rings. The molecule has 0 saturated carbocycles. The van der Waals surface area contributed by atoms with Gasteiger partial charge in [0.1, 0.15) is 0 Å². The van der Waals surface area contributed by atoms with E-state index in [0.717, 1.165) is 5.56 Å². The van der Waals surface area contributed by atoms with Gasteiger partial charge in [-0.05, 0) is 25.3 Å². The van der Waals surface area contributed by atoms with Crippen LogP contribution in [0.3, 0.4) is 0 Å². The van der Waals surface area contributed by atoms with Crippen LogP contribution in [0, 0.1) is 0 Å². The zero-order valence-corrected chi connectivity index (χ0v) is 13.6. The van der Waals surface area contributed by atoms with Gasteiger partial charge in [0.2, 0.25) is 10.9 Å². The van der Waals surface area contributed by atoms with E-state index in [1.54, 1.807) is 11.8 Å². The summed E-state index contributed by atoms with van der Waals surface area (Å²) in [5, 5.41) is 3.21.